The van der Waals surface area contributed by atoms with Crippen LogP contribution in [-0.2, 0) is 6.42 Å². The van der Waals surface area contributed by atoms with Crippen LogP contribution in [-0.4, -0.2) is 20.4 Å². The van der Waals surface area contributed by atoms with Crippen molar-refractivity contribution in [3.63, 3.8) is 0 Å². The molecule has 2 aromatic heterocycles. The lowest BCUT2D eigenvalue weighted by Crippen LogP contribution is -2.03. The van der Waals surface area contributed by atoms with Crippen LogP contribution in [0, 0.1) is 0 Å². The predicted molar refractivity (Wildman–Crippen MR) is 87.4 cm³/mol. The first kappa shape index (κ1) is 14.1. The lowest BCUT2D eigenvalue weighted by Gasteiger charge is -2.12. The number of aromatic nitrogens is 3. The van der Waals surface area contributed by atoms with Gasteiger partial charge in [-0.3, -0.25) is 9.55 Å². The summed E-state index contributed by atoms with van der Waals surface area (Å²) in [5.74, 6) is 2.03. The van der Waals surface area contributed by atoms with E-state index in [2.05, 4.69) is 52.6 Å². The maximum absolute atomic E-state index is 5.94. The van der Waals surface area contributed by atoms with E-state index in [1.807, 2.05) is 6.07 Å². The Kier molecular flexibility index (Phi) is 3.93. The molecule has 0 fully saturated rings. The van der Waals surface area contributed by atoms with Crippen LogP contribution in [0.2, 0.25) is 0 Å². The number of hydrogen-bond donors (Lipinski definition) is 0. The number of hydrogen-bond acceptors (Lipinski definition) is 2. The number of fused-ring (bicyclic) bond motifs is 1. The minimum Gasteiger partial charge on any atom is -0.296 e. The van der Waals surface area contributed by atoms with Crippen molar-refractivity contribution in [2.24, 2.45) is 0 Å². The highest BCUT2D eigenvalue weighted by atomic mass is 35.5. The van der Waals surface area contributed by atoms with E-state index in [1.54, 1.807) is 12.4 Å². The molecular weight excluding hydrogens is 282 g/mol. The topological polar surface area (TPSA) is 30.7 Å². The Morgan fingerprint density at radius 2 is 2.10 bits per heavy atom. The molecular formula is C17H18ClN3. The number of rotatable bonds is 4. The van der Waals surface area contributed by atoms with Crippen molar-refractivity contribution >= 4 is 22.6 Å². The molecule has 0 saturated carbocycles. The van der Waals surface area contributed by atoms with E-state index < -0.39 is 0 Å². The first-order chi connectivity index (χ1) is 10.2. The van der Waals surface area contributed by atoms with E-state index in [9.17, 15) is 0 Å². The third-order valence-electron chi connectivity index (χ3n) is 3.64. The normalized spacial score (nSPS) is 11.4. The van der Waals surface area contributed by atoms with Gasteiger partial charge >= 0.3 is 0 Å². The van der Waals surface area contributed by atoms with Crippen LogP contribution < -0.4 is 0 Å². The van der Waals surface area contributed by atoms with Crippen LogP contribution in [0.15, 0.2) is 42.7 Å². The van der Waals surface area contributed by atoms with Gasteiger partial charge in [-0.05, 0) is 29.7 Å². The number of halogens is 1. The molecule has 0 N–H and O–H groups in total. The van der Waals surface area contributed by atoms with Crippen molar-refractivity contribution in [3.05, 3.63) is 54.1 Å². The molecule has 108 valence electrons. The van der Waals surface area contributed by atoms with Gasteiger partial charge in [0.2, 0.25) is 0 Å². The van der Waals surface area contributed by atoms with Gasteiger partial charge in [0, 0.05) is 24.2 Å². The summed E-state index contributed by atoms with van der Waals surface area (Å²) in [5.41, 5.74) is 4.44. The second-order valence-electron chi connectivity index (χ2n) is 5.42. The fourth-order valence-corrected chi connectivity index (χ4v) is 2.71. The molecule has 2 heterocycles. The van der Waals surface area contributed by atoms with Crippen molar-refractivity contribution in [1.29, 1.82) is 0 Å². The van der Waals surface area contributed by atoms with Crippen LogP contribution in [0.3, 0.4) is 0 Å². The maximum Gasteiger partial charge on any atom is 0.115 e. The molecule has 0 radical (unpaired) electrons. The minimum absolute atomic E-state index is 0.498. The van der Waals surface area contributed by atoms with E-state index in [1.165, 1.54) is 5.56 Å². The van der Waals surface area contributed by atoms with Crippen molar-refractivity contribution in [2.45, 2.75) is 26.2 Å². The molecule has 0 spiro atoms. The first-order valence-electron chi connectivity index (χ1n) is 7.18. The molecule has 3 nitrogen and oxygen atoms in total. The molecule has 0 aliphatic rings. The van der Waals surface area contributed by atoms with Gasteiger partial charge < -0.3 is 0 Å². The molecule has 3 aromatic rings. The maximum atomic E-state index is 5.94. The van der Waals surface area contributed by atoms with Gasteiger partial charge in [-0.25, -0.2) is 4.98 Å². The van der Waals surface area contributed by atoms with Crippen LogP contribution in [0.1, 0.15) is 31.2 Å². The zero-order valence-corrected chi connectivity index (χ0v) is 13.0. The van der Waals surface area contributed by atoms with Crippen LogP contribution >= 0.6 is 11.6 Å². The Morgan fingerprint density at radius 3 is 2.86 bits per heavy atom. The fourth-order valence-electron chi connectivity index (χ4n) is 2.55. The standard InChI is InChI=1S/C17H18ClN3/c1-12(2)13-4-3-5-14(10-13)21-16-7-9-19-11-15(16)20-17(21)6-8-18/h3-5,7,9-12H,6,8H2,1-2H3. The Labute approximate surface area is 129 Å². The summed E-state index contributed by atoms with van der Waals surface area (Å²) >= 11 is 5.94. The third kappa shape index (κ3) is 2.66. The largest absolute Gasteiger partial charge is 0.296 e. The fraction of sp³-hybridized carbons (Fsp3) is 0.294. The van der Waals surface area contributed by atoms with E-state index in [0.29, 0.717) is 11.8 Å². The molecule has 0 atom stereocenters. The summed E-state index contributed by atoms with van der Waals surface area (Å²) in [5, 5.41) is 0. The van der Waals surface area contributed by atoms with Crippen molar-refractivity contribution in [1.82, 2.24) is 14.5 Å². The molecule has 0 saturated heterocycles. The van der Waals surface area contributed by atoms with E-state index in [4.69, 9.17) is 11.6 Å². The average Bonchev–Trinajstić information content (AvgIpc) is 2.85. The number of benzene rings is 1. The summed E-state index contributed by atoms with van der Waals surface area (Å²) in [6.07, 6.45) is 4.34. The zero-order chi connectivity index (χ0) is 14.8. The van der Waals surface area contributed by atoms with Crippen LogP contribution in [0.5, 0.6) is 0 Å². The van der Waals surface area contributed by atoms with Crippen LogP contribution in [0.4, 0.5) is 0 Å². The highest BCUT2D eigenvalue weighted by Gasteiger charge is 2.12. The Balaban J connectivity index is 2.22. The summed E-state index contributed by atoms with van der Waals surface area (Å²) in [6, 6.07) is 10.6. The van der Waals surface area contributed by atoms with Gasteiger partial charge in [-0.1, -0.05) is 26.0 Å². The zero-order valence-electron chi connectivity index (χ0n) is 12.3. The predicted octanol–water partition coefficient (Wildman–Crippen LogP) is 4.33. The van der Waals surface area contributed by atoms with Gasteiger partial charge in [0.25, 0.3) is 0 Å². The van der Waals surface area contributed by atoms with Gasteiger partial charge in [0.15, 0.2) is 0 Å². The molecule has 3 rings (SSSR count). The van der Waals surface area contributed by atoms with Crippen molar-refractivity contribution in [3.8, 4) is 5.69 Å². The molecule has 4 heteroatoms. The highest BCUT2D eigenvalue weighted by molar-refractivity contribution is 6.17. The summed E-state index contributed by atoms with van der Waals surface area (Å²) in [7, 11) is 0. The van der Waals surface area contributed by atoms with E-state index in [-0.39, 0.29) is 0 Å². The monoisotopic (exact) mass is 299 g/mol. The average molecular weight is 300 g/mol. The molecule has 0 aliphatic heterocycles. The van der Waals surface area contributed by atoms with E-state index >= 15 is 0 Å². The highest BCUT2D eigenvalue weighted by Crippen LogP contribution is 2.24. The van der Waals surface area contributed by atoms with Gasteiger partial charge in [-0.2, -0.15) is 0 Å². The van der Waals surface area contributed by atoms with Crippen molar-refractivity contribution in [2.75, 3.05) is 5.88 Å². The smallest absolute Gasteiger partial charge is 0.115 e. The Hall–Kier alpha value is -1.87. The lowest BCUT2D eigenvalue weighted by atomic mass is 10.0. The number of imidazole rings is 1. The Morgan fingerprint density at radius 1 is 1.24 bits per heavy atom. The van der Waals surface area contributed by atoms with E-state index in [0.717, 1.165) is 29.0 Å². The second-order valence-corrected chi connectivity index (χ2v) is 5.79. The molecule has 0 unspecified atom stereocenters. The number of aryl methyl sites for hydroxylation is 1. The summed E-state index contributed by atoms with van der Waals surface area (Å²) < 4.78 is 2.19. The van der Waals surface area contributed by atoms with Crippen LogP contribution in [0.25, 0.3) is 16.7 Å². The lowest BCUT2D eigenvalue weighted by molar-refractivity contribution is 0.857. The molecule has 1 aromatic carbocycles. The second kappa shape index (κ2) is 5.86. The molecule has 0 aliphatic carbocycles. The van der Waals surface area contributed by atoms with Gasteiger partial charge in [-0.15, -0.1) is 11.6 Å². The quantitative estimate of drug-likeness (QED) is 0.672. The van der Waals surface area contributed by atoms with Gasteiger partial charge in [0.05, 0.1) is 11.7 Å². The molecule has 0 amide bonds. The Bertz CT molecular complexity index is 762. The minimum atomic E-state index is 0.498. The summed E-state index contributed by atoms with van der Waals surface area (Å²) in [4.78, 5) is 8.83. The number of alkyl halides is 1. The molecule has 0 bridgehead atoms. The van der Waals surface area contributed by atoms with Crippen molar-refractivity contribution < 1.29 is 0 Å². The first-order valence-corrected chi connectivity index (χ1v) is 7.72. The SMILES string of the molecule is CC(C)c1cccc(-n2c(CCCl)nc3cnccc32)c1. The third-order valence-corrected chi connectivity index (χ3v) is 3.83. The number of pyridine rings is 1. The number of nitrogens with zero attached hydrogens (tertiary/aromatic N) is 3. The summed E-state index contributed by atoms with van der Waals surface area (Å²) in [6.45, 7) is 4.41. The molecule has 21 heavy (non-hydrogen) atoms. The van der Waals surface area contributed by atoms with Gasteiger partial charge in [0.1, 0.15) is 11.3 Å².